The number of benzene rings is 2. The van der Waals surface area contributed by atoms with E-state index in [4.69, 9.17) is 23.2 Å². The van der Waals surface area contributed by atoms with Gasteiger partial charge in [0.05, 0.1) is 17.8 Å². The maximum Gasteiger partial charge on any atom is 0.256 e. The second-order valence-corrected chi connectivity index (χ2v) is 7.29. The molecule has 3 rings (SSSR count). The minimum absolute atomic E-state index is 0.201. The molecule has 6 heteroatoms. The Balaban J connectivity index is 1.72. The van der Waals surface area contributed by atoms with Crippen molar-refractivity contribution in [2.24, 2.45) is 0 Å². The van der Waals surface area contributed by atoms with Gasteiger partial charge < -0.3 is 5.32 Å². The van der Waals surface area contributed by atoms with Crippen molar-refractivity contribution in [2.75, 3.05) is 6.54 Å². The molecule has 1 aromatic heterocycles. The fourth-order valence-electron chi connectivity index (χ4n) is 2.94. The van der Waals surface area contributed by atoms with Crippen LogP contribution in [0, 0.1) is 6.92 Å². The average Bonchev–Trinajstić information content (AvgIpc) is 2.95. The summed E-state index contributed by atoms with van der Waals surface area (Å²) in [6, 6.07) is 17.6. The van der Waals surface area contributed by atoms with E-state index in [1.54, 1.807) is 11.6 Å². The molecule has 1 unspecified atom stereocenters. The summed E-state index contributed by atoms with van der Waals surface area (Å²) in [4.78, 5) is 12.7. The maximum absolute atomic E-state index is 12.7. The van der Waals surface area contributed by atoms with Crippen molar-refractivity contribution in [1.29, 1.82) is 0 Å². The molecule has 0 aliphatic carbocycles. The van der Waals surface area contributed by atoms with Crippen molar-refractivity contribution < 1.29 is 4.79 Å². The van der Waals surface area contributed by atoms with Gasteiger partial charge in [-0.15, -0.1) is 0 Å². The van der Waals surface area contributed by atoms with Crippen molar-refractivity contribution in [3.05, 3.63) is 87.2 Å². The second kappa shape index (κ2) is 8.59. The number of nitrogens with one attached hydrogen (secondary N) is 1. The number of aryl methyl sites for hydroxylation is 1. The quantitative estimate of drug-likeness (QED) is 0.625. The molecule has 2 aromatic carbocycles. The topological polar surface area (TPSA) is 46.9 Å². The molecular weight excluding hydrogens is 381 g/mol. The molecule has 140 valence electrons. The molecule has 0 bridgehead atoms. The molecule has 1 amide bonds. The predicted octanol–water partition coefficient (Wildman–Crippen LogP) is 5.08. The summed E-state index contributed by atoms with van der Waals surface area (Å²) in [5.41, 5.74) is 3.07. The van der Waals surface area contributed by atoms with Gasteiger partial charge in [-0.2, -0.15) is 5.10 Å². The first kappa shape index (κ1) is 19.5. The zero-order chi connectivity index (χ0) is 19.4. The zero-order valence-corrected chi connectivity index (χ0v) is 16.8. The van der Waals surface area contributed by atoms with Crippen LogP contribution in [0.15, 0.2) is 54.6 Å². The van der Waals surface area contributed by atoms with Crippen molar-refractivity contribution in [1.82, 2.24) is 15.1 Å². The van der Waals surface area contributed by atoms with E-state index in [0.29, 0.717) is 34.5 Å². The lowest BCUT2D eigenvalue weighted by atomic mass is 10.0. The largest absolute Gasteiger partial charge is 0.351 e. The molecule has 3 aromatic rings. The third kappa shape index (κ3) is 4.52. The number of hydrogen-bond acceptors (Lipinski definition) is 2. The van der Waals surface area contributed by atoms with Crippen LogP contribution in [0.2, 0.25) is 10.2 Å². The molecule has 0 aliphatic heterocycles. The number of aromatic nitrogens is 2. The van der Waals surface area contributed by atoms with Gasteiger partial charge in [0.15, 0.2) is 0 Å². The number of halogens is 2. The first-order valence-electron chi connectivity index (χ1n) is 8.76. The van der Waals surface area contributed by atoms with Gasteiger partial charge >= 0.3 is 0 Å². The van der Waals surface area contributed by atoms with E-state index >= 15 is 0 Å². The summed E-state index contributed by atoms with van der Waals surface area (Å²) in [5.74, 6) is -0.0157. The molecule has 1 atom stereocenters. The predicted molar refractivity (Wildman–Crippen MR) is 110 cm³/mol. The zero-order valence-electron chi connectivity index (χ0n) is 15.2. The Morgan fingerprint density at radius 3 is 2.48 bits per heavy atom. The fourth-order valence-corrected chi connectivity index (χ4v) is 3.45. The van der Waals surface area contributed by atoms with Crippen molar-refractivity contribution in [2.45, 2.75) is 26.3 Å². The average molecular weight is 402 g/mol. The first-order valence-corrected chi connectivity index (χ1v) is 9.52. The molecular formula is C21H21Cl2N3O. The SMILES string of the molecule is Cc1nn(Cc2ccccc2Cl)c(Cl)c1C(=O)NCC(C)c1ccccc1. The lowest BCUT2D eigenvalue weighted by molar-refractivity contribution is 0.0951. The number of nitrogens with zero attached hydrogens (tertiary/aromatic N) is 2. The third-order valence-corrected chi connectivity index (χ3v) is 5.26. The number of carbonyl (C=O) groups excluding carboxylic acids is 1. The van der Waals surface area contributed by atoms with Gasteiger partial charge in [0.25, 0.3) is 5.91 Å². The van der Waals surface area contributed by atoms with Gasteiger partial charge in [-0.1, -0.05) is 78.7 Å². The first-order chi connectivity index (χ1) is 13.0. The Hall–Kier alpha value is -2.30. The monoisotopic (exact) mass is 401 g/mol. The van der Waals surface area contributed by atoms with Crippen LogP contribution in [-0.2, 0) is 6.54 Å². The van der Waals surface area contributed by atoms with Crippen LogP contribution in [0.3, 0.4) is 0 Å². The number of rotatable bonds is 6. The highest BCUT2D eigenvalue weighted by molar-refractivity contribution is 6.33. The molecule has 4 nitrogen and oxygen atoms in total. The minimum atomic E-state index is -0.217. The smallest absolute Gasteiger partial charge is 0.256 e. The number of carbonyl (C=O) groups is 1. The van der Waals surface area contributed by atoms with E-state index < -0.39 is 0 Å². The highest BCUT2D eigenvalue weighted by atomic mass is 35.5. The maximum atomic E-state index is 12.7. The van der Waals surface area contributed by atoms with E-state index in [-0.39, 0.29) is 11.8 Å². The summed E-state index contributed by atoms with van der Waals surface area (Å²) in [7, 11) is 0. The molecule has 27 heavy (non-hydrogen) atoms. The molecule has 1 heterocycles. The lowest BCUT2D eigenvalue weighted by Gasteiger charge is -2.13. The highest BCUT2D eigenvalue weighted by Gasteiger charge is 2.21. The van der Waals surface area contributed by atoms with Crippen LogP contribution >= 0.6 is 23.2 Å². The van der Waals surface area contributed by atoms with Gasteiger partial charge in [-0.3, -0.25) is 4.79 Å². The number of hydrogen-bond donors (Lipinski definition) is 1. The lowest BCUT2D eigenvalue weighted by Crippen LogP contribution is -2.28. The third-order valence-electron chi connectivity index (χ3n) is 4.51. The fraction of sp³-hybridized carbons (Fsp3) is 0.238. The second-order valence-electron chi connectivity index (χ2n) is 6.52. The molecule has 0 aliphatic rings. The van der Waals surface area contributed by atoms with Crippen LogP contribution in [-0.4, -0.2) is 22.2 Å². The molecule has 0 fully saturated rings. The van der Waals surface area contributed by atoms with E-state index in [1.165, 1.54) is 5.56 Å². The van der Waals surface area contributed by atoms with E-state index in [2.05, 4.69) is 29.5 Å². The van der Waals surface area contributed by atoms with Gasteiger partial charge in [0.2, 0.25) is 0 Å². The standard InChI is InChI=1S/C21H21Cl2N3O/c1-14(16-8-4-3-5-9-16)12-24-21(27)19-15(2)25-26(20(19)23)13-17-10-6-7-11-18(17)22/h3-11,14H,12-13H2,1-2H3,(H,24,27). The van der Waals surface area contributed by atoms with E-state index in [1.807, 2.05) is 42.5 Å². The van der Waals surface area contributed by atoms with Gasteiger partial charge in [0.1, 0.15) is 5.15 Å². The summed E-state index contributed by atoms with van der Waals surface area (Å²) < 4.78 is 1.60. The Bertz CT molecular complexity index is 938. The van der Waals surface area contributed by atoms with Crippen LogP contribution < -0.4 is 5.32 Å². The van der Waals surface area contributed by atoms with Gasteiger partial charge in [-0.25, -0.2) is 4.68 Å². The minimum Gasteiger partial charge on any atom is -0.351 e. The Kier molecular flexibility index (Phi) is 6.19. The molecule has 0 saturated carbocycles. The van der Waals surface area contributed by atoms with Gasteiger partial charge in [-0.05, 0) is 30.0 Å². The summed E-state index contributed by atoms with van der Waals surface area (Å²) in [6.07, 6.45) is 0. The van der Waals surface area contributed by atoms with Gasteiger partial charge in [0, 0.05) is 11.6 Å². The van der Waals surface area contributed by atoms with Crippen LogP contribution in [0.1, 0.15) is 40.0 Å². The molecule has 0 spiro atoms. The Labute approximate surface area is 169 Å². The van der Waals surface area contributed by atoms with Crippen LogP contribution in [0.25, 0.3) is 0 Å². The Morgan fingerprint density at radius 2 is 1.78 bits per heavy atom. The Morgan fingerprint density at radius 1 is 1.11 bits per heavy atom. The van der Waals surface area contributed by atoms with Crippen LogP contribution in [0.5, 0.6) is 0 Å². The summed E-state index contributed by atoms with van der Waals surface area (Å²) >= 11 is 12.7. The van der Waals surface area contributed by atoms with E-state index in [9.17, 15) is 4.79 Å². The number of amides is 1. The normalized spacial score (nSPS) is 12.0. The van der Waals surface area contributed by atoms with E-state index in [0.717, 1.165) is 5.56 Å². The van der Waals surface area contributed by atoms with Crippen LogP contribution in [0.4, 0.5) is 0 Å². The van der Waals surface area contributed by atoms with Crippen molar-refractivity contribution in [3.8, 4) is 0 Å². The highest BCUT2D eigenvalue weighted by Crippen LogP contribution is 2.23. The molecule has 0 radical (unpaired) electrons. The summed E-state index contributed by atoms with van der Waals surface area (Å²) in [5, 5.41) is 8.34. The molecule has 1 N–H and O–H groups in total. The van der Waals surface area contributed by atoms with Crippen molar-refractivity contribution in [3.63, 3.8) is 0 Å². The summed E-state index contributed by atoms with van der Waals surface area (Å²) in [6.45, 7) is 4.79. The van der Waals surface area contributed by atoms with Crippen molar-refractivity contribution >= 4 is 29.1 Å². The molecule has 0 saturated heterocycles.